The lowest BCUT2D eigenvalue weighted by Gasteiger charge is -2.21. The van der Waals surface area contributed by atoms with E-state index in [4.69, 9.17) is 0 Å². The summed E-state index contributed by atoms with van der Waals surface area (Å²) in [7, 11) is 0. The Morgan fingerprint density at radius 2 is 1.86 bits per heavy atom. The van der Waals surface area contributed by atoms with Crippen LogP contribution in [0.15, 0.2) is 42.5 Å². The van der Waals surface area contributed by atoms with Crippen LogP contribution in [0.25, 0.3) is 0 Å². The summed E-state index contributed by atoms with van der Waals surface area (Å²) in [5.41, 5.74) is 2.28. The van der Waals surface area contributed by atoms with Crippen LogP contribution in [-0.2, 0) is 6.54 Å². The number of rotatable bonds is 4. The highest BCUT2D eigenvalue weighted by Crippen LogP contribution is 2.27. The van der Waals surface area contributed by atoms with Crippen LogP contribution in [0, 0.1) is 18.6 Å². The second kappa shape index (κ2) is 6.55. The molecule has 22 heavy (non-hydrogen) atoms. The van der Waals surface area contributed by atoms with E-state index in [9.17, 15) is 8.78 Å². The van der Waals surface area contributed by atoms with Gasteiger partial charge in [-0.1, -0.05) is 30.3 Å². The van der Waals surface area contributed by atoms with Gasteiger partial charge in [-0.15, -0.1) is 0 Å². The smallest absolute Gasteiger partial charge is 0.129 e. The van der Waals surface area contributed by atoms with Crippen molar-refractivity contribution < 1.29 is 8.78 Å². The van der Waals surface area contributed by atoms with Gasteiger partial charge in [0.15, 0.2) is 0 Å². The molecule has 0 aliphatic carbocycles. The van der Waals surface area contributed by atoms with E-state index < -0.39 is 11.6 Å². The Labute approximate surface area is 129 Å². The standard InChI is InChI=1S/C18H20F2N2/c1-12-7-14(17(20)8-16(12)19)15-10-21-11-18(15)22-9-13-5-3-2-4-6-13/h2-8,15,18,21-22H,9-11H2,1H3/t15-,18+/m1/s1. The van der Waals surface area contributed by atoms with Gasteiger partial charge in [-0.25, -0.2) is 8.78 Å². The summed E-state index contributed by atoms with van der Waals surface area (Å²) < 4.78 is 27.6. The predicted octanol–water partition coefficient (Wildman–Crippen LogP) is 3.12. The van der Waals surface area contributed by atoms with E-state index in [1.807, 2.05) is 18.2 Å². The van der Waals surface area contributed by atoms with Crippen LogP contribution < -0.4 is 10.6 Å². The molecule has 1 heterocycles. The summed E-state index contributed by atoms with van der Waals surface area (Å²) in [5.74, 6) is -0.924. The van der Waals surface area contributed by atoms with E-state index >= 15 is 0 Å². The summed E-state index contributed by atoms with van der Waals surface area (Å²) >= 11 is 0. The van der Waals surface area contributed by atoms with Gasteiger partial charge in [0, 0.05) is 37.7 Å². The fraction of sp³-hybridized carbons (Fsp3) is 0.333. The maximum atomic E-state index is 14.1. The zero-order valence-corrected chi connectivity index (χ0v) is 12.6. The van der Waals surface area contributed by atoms with Gasteiger partial charge < -0.3 is 10.6 Å². The van der Waals surface area contributed by atoms with Crippen LogP contribution in [-0.4, -0.2) is 19.1 Å². The third kappa shape index (κ3) is 3.18. The Morgan fingerprint density at radius 1 is 1.09 bits per heavy atom. The zero-order chi connectivity index (χ0) is 15.5. The zero-order valence-electron chi connectivity index (χ0n) is 12.6. The molecule has 116 valence electrons. The first-order chi connectivity index (χ1) is 10.6. The number of hydrogen-bond acceptors (Lipinski definition) is 2. The summed E-state index contributed by atoms with van der Waals surface area (Å²) in [6, 6.07) is 12.9. The first kappa shape index (κ1) is 15.1. The van der Waals surface area contributed by atoms with Gasteiger partial charge in [-0.3, -0.25) is 0 Å². The van der Waals surface area contributed by atoms with E-state index in [0.29, 0.717) is 17.7 Å². The molecule has 2 nitrogen and oxygen atoms in total. The van der Waals surface area contributed by atoms with Gasteiger partial charge in [0.1, 0.15) is 11.6 Å². The van der Waals surface area contributed by atoms with Crippen molar-refractivity contribution in [2.45, 2.75) is 25.4 Å². The van der Waals surface area contributed by atoms with Crippen molar-refractivity contribution in [2.75, 3.05) is 13.1 Å². The highest BCUT2D eigenvalue weighted by Gasteiger charge is 2.30. The van der Waals surface area contributed by atoms with Crippen molar-refractivity contribution in [1.82, 2.24) is 10.6 Å². The van der Waals surface area contributed by atoms with Crippen LogP contribution in [0.4, 0.5) is 8.78 Å². The van der Waals surface area contributed by atoms with E-state index in [1.165, 1.54) is 5.56 Å². The highest BCUT2D eigenvalue weighted by molar-refractivity contribution is 5.31. The average Bonchev–Trinajstić information content (AvgIpc) is 2.98. The molecular formula is C18H20F2N2. The number of nitrogens with one attached hydrogen (secondary N) is 2. The number of aryl methyl sites for hydroxylation is 1. The summed E-state index contributed by atoms with van der Waals surface area (Å²) in [5, 5.41) is 6.78. The molecule has 3 rings (SSSR count). The maximum Gasteiger partial charge on any atom is 0.129 e. The molecular weight excluding hydrogens is 282 g/mol. The normalized spacial score (nSPS) is 21.2. The summed E-state index contributed by atoms with van der Waals surface area (Å²) in [6.07, 6.45) is 0. The average molecular weight is 302 g/mol. The molecule has 1 saturated heterocycles. The molecule has 2 atom stereocenters. The SMILES string of the molecule is Cc1cc([C@H]2CNC[C@@H]2NCc2ccccc2)c(F)cc1F. The van der Waals surface area contributed by atoms with Crippen LogP contribution >= 0.6 is 0 Å². The molecule has 2 N–H and O–H groups in total. The number of halogens is 2. The minimum absolute atomic E-state index is 0.0167. The van der Waals surface area contributed by atoms with Crippen LogP contribution in [0.3, 0.4) is 0 Å². The van der Waals surface area contributed by atoms with Crippen molar-refractivity contribution in [3.8, 4) is 0 Å². The van der Waals surface area contributed by atoms with Crippen LogP contribution in [0.1, 0.15) is 22.6 Å². The van der Waals surface area contributed by atoms with Crippen molar-refractivity contribution in [3.63, 3.8) is 0 Å². The molecule has 0 unspecified atom stereocenters. The molecule has 0 aromatic heterocycles. The fourth-order valence-corrected chi connectivity index (χ4v) is 3.03. The van der Waals surface area contributed by atoms with Crippen molar-refractivity contribution in [2.24, 2.45) is 0 Å². The molecule has 1 aliphatic rings. The molecule has 0 saturated carbocycles. The summed E-state index contributed by atoms with van der Waals surface area (Å²) in [4.78, 5) is 0. The van der Waals surface area contributed by atoms with Crippen molar-refractivity contribution in [3.05, 3.63) is 70.8 Å². The van der Waals surface area contributed by atoms with Gasteiger partial charge >= 0.3 is 0 Å². The minimum Gasteiger partial charge on any atom is -0.314 e. The van der Waals surface area contributed by atoms with E-state index in [1.54, 1.807) is 13.0 Å². The molecule has 1 fully saturated rings. The topological polar surface area (TPSA) is 24.1 Å². The molecule has 2 aromatic carbocycles. The molecule has 1 aliphatic heterocycles. The monoisotopic (exact) mass is 302 g/mol. The van der Waals surface area contributed by atoms with Gasteiger partial charge in [0.05, 0.1) is 0 Å². The van der Waals surface area contributed by atoms with E-state index in [0.717, 1.165) is 19.2 Å². The largest absolute Gasteiger partial charge is 0.314 e. The lowest BCUT2D eigenvalue weighted by atomic mass is 9.92. The second-order valence-corrected chi connectivity index (χ2v) is 5.86. The first-order valence-corrected chi connectivity index (χ1v) is 7.58. The maximum absolute atomic E-state index is 14.1. The molecule has 0 spiro atoms. The Bertz CT molecular complexity index is 643. The highest BCUT2D eigenvalue weighted by atomic mass is 19.1. The Morgan fingerprint density at radius 3 is 2.64 bits per heavy atom. The Balaban J connectivity index is 1.74. The van der Waals surface area contributed by atoms with Gasteiger partial charge in [-0.2, -0.15) is 0 Å². The fourth-order valence-electron chi connectivity index (χ4n) is 3.03. The molecule has 0 radical (unpaired) electrons. The number of benzene rings is 2. The second-order valence-electron chi connectivity index (χ2n) is 5.86. The molecule has 2 aromatic rings. The van der Waals surface area contributed by atoms with Crippen LogP contribution in [0.5, 0.6) is 0 Å². The van der Waals surface area contributed by atoms with Gasteiger partial charge in [0.2, 0.25) is 0 Å². The summed E-state index contributed by atoms with van der Waals surface area (Å²) in [6.45, 7) is 3.90. The molecule has 0 bridgehead atoms. The minimum atomic E-state index is -0.485. The third-order valence-electron chi connectivity index (χ3n) is 4.30. The Hall–Kier alpha value is -1.78. The van der Waals surface area contributed by atoms with Crippen molar-refractivity contribution in [1.29, 1.82) is 0 Å². The Kier molecular flexibility index (Phi) is 4.50. The van der Waals surface area contributed by atoms with Crippen molar-refractivity contribution >= 4 is 0 Å². The first-order valence-electron chi connectivity index (χ1n) is 7.58. The lowest BCUT2D eigenvalue weighted by molar-refractivity contribution is 0.481. The molecule has 4 heteroatoms. The van der Waals surface area contributed by atoms with E-state index in [2.05, 4.69) is 22.8 Å². The lowest BCUT2D eigenvalue weighted by Crippen LogP contribution is -2.34. The number of hydrogen-bond donors (Lipinski definition) is 2. The quantitative estimate of drug-likeness (QED) is 0.907. The molecule has 0 amide bonds. The van der Waals surface area contributed by atoms with Gasteiger partial charge in [0.25, 0.3) is 0 Å². The van der Waals surface area contributed by atoms with Crippen LogP contribution in [0.2, 0.25) is 0 Å². The predicted molar refractivity (Wildman–Crippen MR) is 83.8 cm³/mol. The van der Waals surface area contributed by atoms with E-state index in [-0.39, 0.29) is 12.0 Å². The third-order valence-corrected chi connectivity index (χ3v) is 4.30. The van der Waals surface area contributed by atoms with Gasteiger partial charge in [-0.05, 0) is 29.7 Å².